The van der Waals surface area contributed by atoms with Crippen LogP contribution in [0, 0.1) is 0 Å². The maximum atomic E-state index is 6.04. The predicted octanol–water partition coefficient (Wildman–Crippen LogP) is 2.25. The van der Waals surface area contributed by atoms with Gasteiger partial charge < -0.3 is 19.5 Å². The van der Waals surface area contributed by atoms with Gasteiger partial charge in [-0.25, -0.2) is 0 Å². The molecule has 2 rings (SSSR count). The Labute approximate surface area is 131 Å². The van der Waals surface area contributed by atoms with Gasteiger partial charge in [0.25, 0.3) is 0 Å². The van der Waals surface area contributed by atoms with Crippen molar-refractivity contribution in [2.45, 2.75) is 32.4 Å². The largest absolute Gasteiger partial charge is 0.376 e. The molecule has 0 bridgehead atoms. The van der Waals surface area contributed by atoms with Crippen molar-refractivity contribution in [2.24, 2.45) is 12.0 Å². The number of guanidine groups is 1. The molecule has 1 aliphatic heterocycles. The number of nitrogens with zero attached hydrogens (tertiary/aromatic N) is 3. The molecule has 0 aliphatic carbocycles. The van der Waals surface area contributed by atoms with Crippen LogP contribution in [0.15, 0.2) is 17.3 Å². The summed E-state index contributed by atoms with van der Waals surface area (Å²) in [6.45, 7) is 5.28. The molecule has 0 saturated carbocycles. The molecule has 0 spiro atoms. The van der Waals surface area contributed by atoms with E-state index in [0.29, 0.717) is 0 Å². The van der Waals surface area contributed by atoms with Crippen molar-refractivity contribution in [2.75, 3.05) is 26.7 Å². The predicted molar refractivity (Wildman–Crippen MR) is 86.8 cm³/mol. The number of hydrogen-bond acceptors (Lipinski definition) is 2. The van der Waals surface area contributed by atoms with Crippen LogP contribution in [0.25, 0.3) is 0 Å². The average Bonchev–Trinajstić information content (AvgIpc) is 3.05. The van der Waals surface area contributed by atoms with E-state index in [0.717, 1.165) is 55.8 Å². The first-order valence-corrected chi connectivity index (χ1v) is 7.89. The van der Waals surface area contributed by atoms with Crippen LogP contribution in [0.2, 0.25) is 5.02 Å². The molecule has 0 aromatic carbocycles. The summed E-state index contributed by atoms with van der Waals surface area (Å²) in [4.78, 5) is 6.81. The Morgan fingerprint density at radius 3 is 3.00 bits per heavy atom. The second kappa shape index (κ2) is 7.71. The van der Waals surface area contributed by atoms with Gasteiger partial charge in [-0.1, -0.05) is 11.6 Å². The normalized spacial score (nSPS) is 19.0. The van der Waals surface area contributed by atoms with Gasteiger partial charge >= 0.3 is 0 Å². The molecule has 6 heteroatoms. The summed E-state index contributed by atoms with van der Waals surface area (Å²) >= 11 is 6.04. The molecule has 1 aromatic rings. The number of nitrogens with one attached hydrogen (secondary N) is 1. The van der Waals surface area contributed by atoms with Gasteiger partial charge in [-0.05, 0) is 25.8 Å². The van der Waals surface area contributed by atoms with E-state index in [1.165, 1.54) is 0 Å². The molecule has 1 atom stereocenters. The van der Waals surface area contributed by atoms with Crippen LogP contribution in [-0.2, 0) is 18.3 Å². The summed E-state index contributed by atoms with van der Waals surface area (Å²) in [5, 5.41) is 4.10. The second-order valence-electron chi connectivity index (χ2n) is 5.45. The van der Waals surface area contributed by atoms with E-state index in [1.54, 1.807) is 0 Å². The van der Waals surface area contributed by atoms with E-state index in [4.69, 9.17) is 21.3 Å². The third kappa shape index (κ3) is 4.64. The maximum absolute atomic E-state index is 6.04. The SMILES string of the molecule is CCNC(=NCC1CCCO1)N(C)Cc1cc(Cl)cn1C. The number of rotatable bonds is 5. The molecule has 21 heavy (non-hydrogen) atoms. The van der Waals surface area contributed by atoms with Crippen molar-refractivity contribution in [1.29, 1.82) is 0 Å². The van der Waals surface area contributed by atoms with E-state index >= 15 is 0 Å². The molecular formula is C15H25ClN4O. The Bertz CT molecular complexity index is 480. The number of aromatic nitrogens is 1. The highest BCUT2D eigenvalue weighted by atomic mass is 35.5. The van der Waals surface area contributed by atoms with Gasteiger partial charge in [0, 0.05) is 39.1 Å². The number of aliphatic imine (C=N–C) groups is 1. The van der Waals surface area contributed by atoms with Crippen molar-refractivity contribution in [3.8, 4) is 0 Å². The van der Waals surface area contributed by atoms with E-state index < -0.39 is 0 Å². The fourth-order valence-corrected chi connectivity index (χ4v) is 2.76. The fourth-order valence-electron chi connectivity index (χ4n) is 2.49. The summed E-state index contributed by atoms with van der Waals surface area (Å²) in [5.41, 5.74) is 1.16. The molecule has 1 aromatic heterocycles. The van der Waals surface area contributed by atoms with Crippen LogP contribution in [0.3, 0.4) is 0 Å². The minimum Gasteiger partial charge on any atom is -0.376 e. The highest BCUT2D eigenvalue weighted by Gasteiger charge is 2.16. The molecular weight excluding hydrogens is 288 g/mol. The average molecular weight is 313 g/mol. The molecule has 1 saturated heterocycles. The zero-order chi connectivity index (χ0) is 15.2. The smallest absolute Gasteiger partial charge is 0.194 e. The molecule has 0 radical (unpaired) electrons. The zero-order valence-corrected chi connectivity index (χ0v) is 13.9. The monoisotopic (exact) mass is 312 g/mol. The van der Waals surface area contributed by atoms with Gasteiger partial charge in [-0.2, -0.15) is 0 Å². The highest BCUT2D eigenvalue weighted by Crippen LogP contribution is 2.15. The lowest BCUT2D eigenvalue weighted by Crippen LogP contribution is -2.39. The number of hydrogen-bond donors (Lipinski definition) is 1. The van der Waals surface area contributed by atoms with Gasteiger partial charge in [0.2, 0.25) is 0 Å². The summed E-state index contributed by atoms with van der Waals surface area (Å²) in [6.07, 6.45) is 4.45. The summed E-state index contributed by atoms with van der Waals surface area (Å²) in [7, 11) is 4.05. The minimum atomic E-state index is 0.275. The van der Waals surface area contributed by atoms with Crippen LogP contribution >= 0.6 is 11.6 Å². The third-order valence-electron chi connectivity index (χ3n) is 3.64. The van der Waals surface area contributed by atoms with Crippen LogP contribution in [0.1, 0.15) is 25.5 Å². The standard InChI is InChI=1S/C15H25ClN4O/c1-4-17-15(18-9-14-6-5-7-21-14)20(3)11-13-8-12(16)10-19(13)2/h8,10,14H,4-7,9,11H2,1-3H3,(H,17,18). The lowest BCUT2D eigenvalue weighted by Gasteiger charge is -2.22. The Morgan fingerprint density at radius 1 is 1.62 bits per heavy atom. The Morgan fingerprint density at radius 2 is 2.43 bits per heavy atom. The maximum Gasteiger partial charge on any atom is 0.194 e. The molecule has 118 valence electrons. The number of aryl methyl sites for hydroxylation is 1. The minimum absolute atomic E-state index is 0.275. The van der Waals surface area contributed by atoms with Crippen molar-refractivity contribution in [3.05, 3.63) is 23.0 Å². The number of halogens is 1. The van der Waals surface area contributed by atoms with Gasteiger partial charge in [0.1, 0.15) is 0 Å². The van der Waals surface area contributed by atoms with Gasteiger partial charge in [0.05, 0.1) is 24.2 Å². The Hall–Kier alpha value is -1.20. The van der Waals surface area contributed by atoms with E-state index in [2.05, 4.69) is 17.1 Å². The molecule has 1 unspecified atom stereocenters. The van der Waals surface area contributed by atoms with E-state index in [-0.39, 0.29) is 6.10 Å². The van der Waals surface area contributed by atoms with Crippen LogP contribution < -0.4 is 5.32 Å². The van der Waals surface area contributed by atoms with Crippen molar-refractivity contribution < 1.29 is 4.74 Å². The lowest BCUT2D eigenvalue weighted by atomic mass is 10.2. The van der Waals surface area contributed by atoms with E-state index in [1.807, 2.05) is 30.9 Å². The summed E-state index contributed by atoms with van der Waals surface area (Å²) in [6, 6.07) is 1.99. The molecule has 1 fully saturated rings. The van der Waals surface area contributed by atoms with Crippen LogP contribution in [-0.4, -0.2) is 48.3 Å². The fraction of sp³-hybridized carbons (Fsp3) is 0.667. The van der Waals surface area contributed by atoms with E-state index in [9.17, 15) is 0 Å². The Kier molecular flexibility index (Phi) is 5.94. The van der Waals surface area contributed by atoms with Crippen LogP contribution in [0.4, 0.5) is 0 Å². The molecule has 1 aliphatic rings. The first-order chi connectivity index (χ1) is 10.1. The van der Waals surface area contributed by atoms with Crippen molar-refractivity contribution in [1.82, 2.24) is 14.8 Å². The molecule has 0 amide bonds. The van der Waals surface area contributed by atoms with Gasteiger partial charge in [-0.15, -0.1) is 0 Å². The summed E-state index contributed by atoms with van der Waals surface area (Å²) in [5.74, 6) is 0.908. The van der Waals surface area contributed by atoms with Crippen molar-refractivity contribution in [3.63, 3.8) is 0 Å². The third-order valence-corrected chi connectivity index (χ3v) is 3.85. The Balaban J connectivity index is 1.98. The van der Waals surface area contributed by atoms with Crippen molar-refractivity contribution >= 4 is 17.6 Å². The molecule has 1 N–H and O–H groups in total. The summed E-state index contributed by atoms with van der Waals surface area (Å²) < 4.78 is 7.67. The van der Waals surface area contributed by atoms with Gasteiger partial charge in [0.15, 0.2) is 5.96 Å². The quantitative estimate of drug-likeness (QED) is 0.670. The topological polar surface area (TPSA) is 41.8 Å². The second-order valence-corrected chi connectivity index (χ2v) is 5.88. The molecule has 5 nitrogen and oxygen atoms in total. The highest BCUT2D eigenvalue weighted by molar-refractivity contribution is 6.30. The number of ether oxygens (including phenoxy) is 1. The first-order valence-electron chi connectivity index (χ1n) is 7.52. The first kappa shape index (κ1) is 16.2. The van der Waals surface area contributed by atoms with Crippen LogP contribution in [0.5, 0.6) is 0 Å². The molecule has 2 heterocycles. The lowest BCUT2D eigenvalue weighted by molar-refractivity contribution is 0.117. The van der Waals surface area contributed by atoms with Gasteiger partial charge in [-0.3, -0.25) is 4.99 Å². The zero-order valence-electron chi connectivity index (χ0n) is 13.1.